The van der Waals surface area contributed by atoms with Crippen LogP contribution in [0.5, 0.6) is 11.5 Å². The molecule has 2 rings (SSSR count). The second kappa shape index (κ2) is 12.2. The van der Waals surface area contributed by atoms with Gasteiger partial charge in [-0.15, -0.1) is 0 Å². The lowest BCUT2D eigenvalue weighted by atomic mass is 9.78. The van der Waals surface area contributed by atoms with Crippen LogP contribution in [0.2, 0.25) is 0 Å². The smallest absolute Gasteiger partial charge is 0.303 e. The Bertz CT molecular complexity index is 890. The van der Waals surface area contributed by atoms with Gasteiger partial charge in [0.15, 0.2) is 6.10 Å². The van der Waals surface area contributed by atoms with E-state index >= 15 is 0 Å². The number of aliphatic hydroxyl groups excluding tert-OH is 2. The van der Waals surface area contributed by atoms with Crippen molar-refractivity contribution >= 4 is 11.9 Å². The van der Waals surface area contributed by atoms with Crippen molar-refractivity contribution in [1.82, 2.24) is 0 Å². The zero-order valence-corrected chi connectivity index (χ0v) is 19.4. The van der Waals surface area contributed by atoms with Crippen molar-refractivity contribution in [3.05, 3.63) is 59.7 Å². The summed E-state index contributed by atoms with van der Waals surface area (Å²) in [7, 11) is 0. The summed E-state index contributed by atoms with van der Waals surface area (Å²) in [5.74, 6) is 0.295. The number of carbonyl (C=O) groups excluding carboxylic acids is 2. The molecular formula is C25H32O8. The number of benzene rings is 2. The summed E-state index contributed by atoms with van der Waals surface area (Å²) in [5, 5.41) is 19.0. The molecule has 0 fully saturated rings. The van der Waals surface area contributed by atoms with E-state index in [1.807, 2.05) is 48.5 Å². The van der Waals surface area contributed by atoms with Gasteiger partial charge in [-0.25, -0.2) is 0 Å². The number of hydrogen-bond acceptors (Lipinski definition) is 8. The summed E-state index contributed by atoms with van der Waals surface area (Å²) in [5.41, 5.74) is 1.84. The molecule has 0 aliphatic carbocycles. The van der Waals surface area contributed by atoms with Crippen LogP contribution in [0.15, 0.2) is 48.5 Å². The van der Waals surface area contributed by atoms with Crippen molar-refractivity contribution in [3.8, 4) is 11.5 Å². The van der Waals surface area contributed by atoms with E-state index in [1.54, 1.807) is 0 Å². The first-order valence-electron chi connectivity index (χ1n) is 10.7. The maximum atomic E-state index is 11.0. The van der Waals surface area contributed by atoms with Crippen LogP contribution in [0.3, 0.4) is 0 Å². The number of carbonyl (C=O) groups is 2. The molecule has 2 aromatic carbocycles. The summed E-state index contributed by atoms with van der Waals surface area (Å²) in [6.07, 6.45) is -1.60. The van der Waals surface area contributed by atoms with Crippen LogP contribution >= 0.6 is 0 Å². The highest BCUT2D eigenvalue weighted by Gasteiger charge is 2.23. The number of rotatable bonds is 12. The quantitative estimate of drug-likeness (QED) is 0.465. The van der Waals surface area contributed by atoms with Crippen LogP contribution in [0.25, 0.3) is 0 Å². The summed E-state index contributed by atoms with van der Waals surface area (Å²) in [4.78, 5) is 21.8. The molecule has 0 amide bonds. The van der Waals surface area contributed by atoms with Crippen LogP contribution in [-0.2, 0) is 24.5 Å². The fourth-order valence-electron chi connectivity index (χ4n) is 3.10. The SMILES string of the molecule is CC(=O)OCC(O)COc1ccc(C(C)(C)c2ccc(OCC(CO)OC(C)=O)cc2)cc1. The van der Waals surface area contributed by atoms with Crippen LogP contribution in [0.1, 0.15) is 38.8 Å². The lowest BCUT2D eigenvalue weighted by Gasteiger charge is -2.26. The van der Waals surface area contributed by atoms with Crippen molar-refractivity contribution in [3.63, 3.8) is 0 Å². The van der Waals surface area contributed by atoms with Crippen LogP contribution in [0, 0.1) is 0 Å². The zero-order chi connectivity index (χ0) is 24.4. The van der Waals surface area contributed by atoms with E-state index in [2.05, 4.69) is 13.8 Å². The molecule has 0 aliphatic rings. The average Bonchev–Trinajstić information content (AvgIpc) is 2.79. The van der Waals surface area contributed by atoms with E-state index in [4.69, 9.17) is 18.9 Å². The minimum absolute atomic E-state index is 0.0199. The van der Waals surface area contributed by atoms with Crippen molar-refractivity contribution in [2.75, 3.05) is 26.4 Å². The molecule has 0 radical (unpaired) electrons. The second-order valence-corrected chi connectivity index (χ2v) is 8.17. The minimum atomic E-state index is -0.896. The maximum Gasteiger partial charge on any atom is 0.303 e. The van der Waals surface area contributed by atoms with E-state index in [1.165, 1.54) is 13.8 Å². The highest BCUT2D eigenvalue weighted by atomic mass is 16.6. The third-order valence-electron chi connectivity index (χ3n) is 5.05. The lowest BCUT2D eigenvalue weighted by molar-refractivity contribution is -0.150. The summed E-state index contributed by atoms with van der Waals surface area (Å²) >= 11 is 0. The molecule has 0 saturated heterocycles. The molecule has 8 nitrogen and oxygen atoms in total. The molecule has 0 saturated carbocycles. The maximum absolute atomic E-state index is 11.0. The molecule has 0 aliphatic heterocycles. The van der Waals surface area contributed by atoms with E-state index in [-0.39, 0.29) is 31.8 Å². The highest BCUT2D eigenvalue weighted by Crippen LogP contribution is 2.33. The molecule has 2 N–H and O–H groups in total. The molecule has 2 aromatic rings. The zero-order valence-electron chi connectivity index (χ0n) is 19.4. The largest absolute Gasteiger partial charge is 0.491 e. The van der Waals surface area contributed by atoms with Gasteiger partial charge in [0.05, 0.1) is 6.61 Å². The number of ether oxygens (including phenoxy) is 4. The molecule has 0 spiro atoms. The molecule has 0 aromatic heterocycles. The summed E-state index contributed by atoms with van der Waals surface area (Å²) in [6.45, 7) is 6.44. The van der Waals surface area contributed by atoms with Crippen LogP contribution < -0.4 is 9.47 Å². The van der Waals surface area contributed by atoms with Crippen LogP contribution in [-0.4, -0.2) is 60.8 Å². The molecule has 8 heteroatoms. The van der Waals surface area contributed by atoms with E-state index < -0.39 is 24.1 Å². The Kier molecular flexibility index (Phi) is 9.69. The summed E-state index contributed by atoms with van der Waals surface area (Å²) in [6, 6.07) is 15.2. The van der Waals surface area contributed by atoms with E-state index in [0.29, 0.717) is 11.5 Å². The first-order chi connectivity index (χ1) is 15.6. The fourth-order valence-corrected chi connectivity index (χ4v) is 3.10. The Morgan fingerprint density at radius 1 is 0.818 bits per heavy atom. The third-order valence-corrected chi connectivity index (χ3v) is 5.05. The van der Waals surface area contributed by atoms with Gasteiger partial charge in [0.2, 0.25) is 0 Å². The number of esters is 2. The van der Waals surface area contributed by atoms with Gasteiger partial charge in [0, 0.05) is 19.3 Å². The van der Waals surface area contributed by atoms with Gasteiger partial charge in [-0.2, -0.15) is 0 Å². The molecule has 2 atom stereocenters. The predicted molar refractivity (Wildman–Crippen MR) is 121 cm³/mol. The monoisotopic (exact) mass is 460 g/mol. The molecular weight excluding hydrogens is 428 g/mol. The summed E-state index contributed by atoms with van der Waals surface area (Å²) < 4.78 is 20.9. The predicted octanol–water partition coefficient (Wildman–Crippen LogP) is 2.62. The second-order valence-electron chi connectivity index (χ2n) is 8.17. The Hall–Kier alpha value is -3.10. The van der Waals surface area contributed by atoms with Crippen molar-refractivity contribution in [2.45, 2.75) is 45.3 Å². The van der Waals surface area contributed by atoms with Crippen molar-refractivity contribution in [2.24, 2.45) is 0 Å². The van der Waals surface area contributed by atoms with Gasteiger partial charge in [0.25, 0.3) is 0 Å². The Morgan fingerprint density at radius 3 is 1.73 bits per heavy atom. The standard InChI is InChI=1S/C25H32O8/c1-17(27)30-14-21(29)15-31-22-9-5-19(6-10-22)25(3,4)20-7-11-23(12-8-20)32-16-24(13-26)33-18(2)28/h5-12,21,24,26,29H,13-16H2,1-4H3. The number of aliphatic hydroxyl groups is 2. The van der Waals surface area contributed by atoms with Crippen molar-refractivity contribution in [1.29, 1.82) is 0 Å². The Morgan fingerprint density at radius 2 is 1.30 bits per heavy atom. The van der Waals surface area contributed by atoms with Gasteiger partial charge >= 0.3 is 11.9 Å². The van der Waals surface area contributed by atoms with Gasteiger partial charge < -0.3 is 29.2 Å². The molecule has 180 valence electrons. The van der Waals surface area contributed by atoms with Gasteiger partial charge in [0.1, 0.15) is 37.4 Å². The fraction of sp³-hybridized carbons (Fsp3) is 0.440. The third kappa shape index (κ3) is 8.40. The molecule has 33 heavy (non-hydrogen) atoms. The Balaban J connectivity index is 1.95. The minimum Gasteiger partial charge on any atom is -0.491 e. The first kappa shape index (κ1) is 26.2. The molecule has 0 heterocycles. The molecule has 0 bridgehead atoms. The van der Waals surface area contributed by atoms with Gasteiger partial charge in [-0.3, -0.25) is 9.59 Å². The van der Waals surface area contributed by atoms with E-state index in [9.17, 15) is 19.8 Å². The van der Waals surface area contributed by atoms with Gasteiger partial charge in [-0.05, 0) is 35.4 Å². The van der Waals surface area contributed by atoms with Crippen LogP contribution in [0.4, 0.5) is 0 Å². The normalized spacial score (nSPS) is 13.0. The molecule has 2 unspecified atom stereocenters. The Labute approximate surface area is 194 Å². The highest BCUT2D eigenvalue weighted by molar-refractivity contribution is 5.66. The van der Waals surface area contributed by atoms with E-state index in [0.717, 1.165) is 11.1 Å². The average molecular weight is 461 g/mol. The first-order valence-corrected chi connectivity index (χ1v) is 10.7. The van der Waals surface area contributed by atoms with Gasteiger partial charge in [-0.1, -0.05) is 38.1 Å². The lowest BCUT2D eigenvalue weighted by Crippen LogP contribution is -2.27. The van der Waals surface area contributed by atoms with Crippen molar-refractivity contribution < 1.29 is 38.7 Å². The number of hydrogen-bond donors (Lipinski definition) is 2. The topological polar surface area (TPSA) is 112 Å².